The highest BCUT2D eigenvalue weighted by atomic mass is 16.5. The first-order chi connectivity index (χ1) is 11.9. The Morgan fingerprint density at radius 2 is 2.12 bits per heavy atom. The Balaban J connectivity index is 1.70. The van der Waals surface area contributed by atoms with Crippen LogP contribution >= 0.6 is 0 Å². The van der Waals surface area contributed by atoms with E-state index >= 15 is 0 Å². The fourth-order valence-electron chi connectivity index (χ4n) is 3.88. The summed E-state index contributed by atoms with van der Waals surface area (Å²) in [5, 5.41) is 8.66. The average Bonchev–Trinajstić information content (AvgIpc) is 3.16. The van der Waals surface area contributed by atoms with Crippen molar-refractivity contribution in [3.05, 3.63) is 22.5 Å². The minimum atomic E-state index is 0.0679. The lowest BCUT2D eigenvalue weighted by Gasteiger charge is -2.20. The fourth-order valence-corrected chi connectivity index (χ4v) is 3.88. The van der Waals surface area contributed by atoms with Crippen molar-refractivity contribution in [2.45, 2.75) is 65.5 Å². The van der Waals surface area contributed by atoms with Crippen LogP contribution in [0.25, 0.3) is 11.0 Å². The van der Waals surface area contributed by atoms with E-state index in [9.17, 15) is 4.79 Å². The molecule has 25 heavy (non-hydrogen) atoms. The van der Waals surface area contributed by atoms with Crippen molar-refractivity contribution in [1.29, 1.82) is 0 Å². The van der Waals surface area contributed by atoms with Gasteiger partial charge in [0.15, 0.2) is 5.65 Å². The lowest BCUT2D eigenvalue weighted by atomic mass is 9.99. The molecule has 0 aromatic carbocycles. The predicted octanol–water partition coefficient (Wildman–Crippen LogP) is 2.51. The zero-order chi connectivity index (χ0) is 18.1. The van der Waals surface area contributed by atoms with Crippen LogP contribution < -0.4 is 5.32 Å². The maximum atomic E-state index is 12.3. The van der Waals surface area contributed by atoms with Crippen molar-refractivity contribution >= 4 is 16.9 Å². The summed E-state index contributed by atoms with van der Waals surface area (Å²) in [4.78, 5) is 17.0. The molecule has 0 aliphatic carbocycles. The van der Waals surface area contributed by atoms with Crippen molar-refractivity contribution in [2.24, 2.45) is 7.05 Å². The molecule has 0 bridgehead atoms. The van der Waals surface area contributed by atoms with Crippen LogP contribution in [0.2, 0.25) is 0 Å². The van der Waals surface area contributed by atoms with Crippen LogP contribution in [0, 0.1) is 20.8 Å². The van der Waals surface area contributed by atoms with Crippen molar-refractivity contribution in [3.63, 3.8) is 0 Å². The third kappa shape index (κ3) is 3.54. The quantitative estimate of drug-likeness (QED) is 0.905. The SMILES string of the molecule is Cc1nc2c(c(C)nn2C)c(C)c1CCC(=O)N[C@@H](C)[C@@H]1CCCO1. The van der Waals surface area contributed by atoms with Crippen molar-refractivity contribution < 1.29 is 9.53 Å². The van der Waals surface area contributed by atoms with E-state index in [-0.39, 0.29) is 18.1 Å². The minimum Gasteiger partial charge on any atom is -0.376 e. The molecule has 0 saturated carbocycles. The van der Waals surface area contributed by atoms with Crippen LogP contribution in [0.15, 0.2) is 0 Å². The number of carbonyl (C=O) groups excluding carboxylic acids is 1. The van der Waals surface area contributed by atoms with E-state index in [1.807, 2.05) is 32.5 Å². The van der Waals surface area contributed by atoms with Crippen LogP contribution in [-0.4, -0.2) is 39.4 Å². The van der Waals surface area contributed by atoms with Gasteiger partial charge in [0, 0.05) is 31.2 Å². The van der Waals surface area contributed by atoms with Gasteiger partial charge in [-0.25, -0.2) is 4.98 Å². The van der Waals surface area contributed by atoms with E-state index in [4.69, 9.17) is 9.72 Å². The van der Waals surface area contributed by atoms with Crippen molar-refractivity contribution in [2.75, 3.05) is 6.61 Å². The molecule has 136 valence electrons. The topological polar surface area (TPSA) is 69.0 Å². The normalized spacial score (nSPS) is 18.7. The molecule has 0 spiro atoms. The number of hydrogen-bond donors (Lipinski definition) is 1. The first kappa shape index (κ1) is 17.9. The van der Waals surface area contributed by atoms with E-state index in [0.29, 0.717) is 12.8 Å². The molecule has 1 aliphatic rings. The monoisotopic (exact) mass is 344 g/mol. The predicted molar refractivity (Wildman–Crippen MR) is 97.6 cm³/mol. The number of nitrogens with zero attached hydrogens (tertiary/aromatic N) is 3. The molecule has 3 rings (SSSR count). The largest absolute Gasteiger partial charge is 0.376 e. The number of pyridine rings is 1. The van der Waals surface area contributed by atoms with Gasteiger partial charge in [0.2, 0.25) is 5.91 Å². The second-order valence-corrected chi connectivity index (χ2v) is 7.12. The Hall–Kier alpha value is -1.95. The van der Waals surface area contributed by atoms with Crippen LogP contribution in [0.5, 0.6) is 0 Å². The van der Waals surface area contributed by atoms with Crippen LogP contribution in [-0.2, 0) is 23.0 Å². The lowest BCUT2D eigenvalue weighted by Crippen LogP contribution is -2.40. The molecular formula is C19H28N4O2. The van der Waals surface area contributed by atoms with E-state index in [2.05, 4.69) is 17.3 Å². The second kappa shape index (κ2) is 7.12. The first-order valence-corrected chi connectivity index (χ1v) is 9.08. The van der Waals surface area contributed by atoms with Crippen LogP contribution in [0.1, 0.15) is 48.7 Å². The van der Waals surface area contributed by atoms with Gasteiger partial charge in [-0.05, 0) is 58.1 Å². The molecule has 2 aromatic rings. The molecule has 0 radical (unpaired) electrons. The summed E-state index contributed by atoms with van der Waals surface area (Å²) in [6, 6.07) is 0.0679. The molecular weight excluding hydrogens is 316 g/mol. The highest BCUT2D eigenvalue weighted by molar-refractivity contribution is 5.84. The van der Waals surface area contributed by atoms with Gasteiger partial charge in [-0.3, -0.25) is 9.48 Å². The number of amides is 1. The standard InChI is InChI=1S/C19H28N4O2/c1-11-15(12(2)21-19-18(11)14(4)22-23(19)5)8-9-17(24)20-13(3)16-7-6-10-25-16/h13,16H,6-10H2,1-5H3,(H,20,24)/t13-,16-/m0/s1. The maximum absolute atomic E-state index is 12.3. The van der Waals surface area contributed by atoms with Gasteiger partial charge in [-0.2, -0.15) is 5.10 Å². The van der Waals surface area contributed by atoms with E-state index < -0.39 is 0 Å². The highest BCUT2D eigenvalue weighted by Crippen LogP contribution is 2.26. The van der Waals surface area contributed by atoms with Gasteiger partial charge in [-0.1, -0.05) is 0 Å². The Kier molecular flexibility index (Phi) is 5.08. The van der Waals surface area contributed by atoms with Gasteiger partial charge in [0.25, 0.3) is 0 Å². The summed E-state index contributed by atoms with van der Waals surface area (Å²) in [6.45, 7) is 8.95. The summed E-state index contributed by atoms with van der Waals surface area (Å²) < 4.78 is 7.47. The molecule has 1 fully saturated rings. The van der Waals surface area contributed by atoms with Gasteiger partial charge in [-0.15, -0.1) is 0 Å². The average molecular weight is 344 g/mol. The third-order valence-electron chi connectivity index (χ3n) is 5.24. The van der Waals surface area contributed by atoms with Gasteiger partial charge < -0.3 is 10.1 Å². The van der Waals surface area contributed by atoms with Gasteiger partial charge >= 0.3 is 0 Å². The number of hydrogen-bond acceptors (Lipinski definition) is 4. The molecule has 1 saturated heterocycles. The van der Waals surface area contributed by atoms with Crippen LogP contribution in [0.3, 0.4) is 0 Å². The van der Waals surface area contributed by atoms with E-state index in [1.54, 1.807) is 0 Å². The number of rotatable bonds is 5. The number of nitrogens with one attached hydrogen (secondary N) is 1. The van der Waals surface area contributed by atoms with Gasteiger partial charge in [0.1, 0.15) is 0 Å². The molecule has 1 aliphatic heterocycles. The second-order valence-electron chi connectivity index (χ2n) is 7.12. The highest BCUT2D eigenvalue weighted by Gasteiger charge is 2.23. The van der Waals surface area contributed by atoms with Crippen molar-refractivity contribution in [1.82, 2.24) is 20.1 Å². The fraction of sp³-hybridized carbons (Fsp3) is 0.632. The molecule has 2 atom stereocenters. The summed E-state index contributed by atoms with van der Waals surface area (Å²) >= 11 is 0. The smallest absolute Gasteiger partial charge is 0.220 e. The van der Waals surface area contributed by atoms with E-state index in [1.165, 1.54) is 5.56 Å². The number of fused-ring (bicyclic) bond motifs is 1. The Morgan fingerprint density at radius 3 is 2.80 bits per heavy atom. The third-order valence-corrected chi connectivity index (χ3v) is 5.24. The maximum Gasteiger partial charge on any atom is 0.220 e. The molecule has 0 unspecified atom stereocenters. The summed E-state index contributed by atoms with van der Waals surface area (Å²) in [7, 11) is 1.92. The number of aromatic nitrogens is 3. The van der Waals surface area contributed by atoms with Crippen molar-refractivity contribution in [3.8, 4) is 0 Å². The molecule has 1 N–H and O–H groups in total. The van der Waals surface area contributed by atoms with Gasteiger partial charge in [0.05, 0.1) is 17.8 Å². The lowest BCUT2D eigenvalue weighted by molar-refractivity contribution is -0.122. The zero-order valence-electron chi connectivity index (χ0n) is 15.8. The molecule has 6 nitrogen and oxygen atoms in total. The molecule has 2 aromatic heterocycles. The Labute approximate surface area is 149 Å². The zero-order valence-corrected chi connectivity index (χ0v) is 15.8. The minimum absolute atomic E-state index is 0.0679. The Morgan fingerprint density at radius 1 is 1.36 bits per heavy atom. The summed E-state index contributed by atoms with van der Waals surface area (Å²) in [5.41, 5.74) is 5.22. The molecule has 3 heterocycles. The molecule has 1 amide bonds. The number of carbonyl (C=O) groups is 1. The number of aryl methyl sites for hydroxylation is 4. The summed E-state index contributed by atoms with van der Waals surface area (Å²) in [6.07, 6.45) is 3.42. The van der Waals surface area contributed by atoms with E-state index in [0.717, 1.165) is 47.4 Å². The first-order valence-electron chi connectivity index (χ1n) is 9.08. The molecule has 6 heteroatoms. The summed E-state index contributed by atoms with van der Waals surface area (Å²) in [5.74, 6) is 0.0739. The van der Waals surface area contributed by atoms with Crippen LogP contribution in [0.4, 0.5) is 0 Å². The Bertz CT molecular complexity index is 791. The number of ether oxygens (including phenoxy) is 1.